The summed E-state index contributed by atoms with van der Waals surface area (Å²) in [6.07, 6.45) is 1.84. The summed E-state index contributed by atoms with van der Waals surface area (Å²) in [5.41, 5.74) is 12.7. The molecular weight excluding hydrogens is 276 g/mol. The van der Waals surface area contributed by atoms with Gasteiger partial charge in [0.2, 0.25) is 0 Å². The first-order valence-corrected chi connectivity index (χ1v) is 6.63. The van der Waals surface area contributed by atoms with Gasteiger partial charge >= 0.3 is 0 Å². The van der Waals surface area contributed by atoms with Gasteiger partial charge in [-0.05, 0) is 23.9 Å². The number of pyridine rings is 1. The first-order valence-electron chi connectivity index (χ1n) is 5.82. The fourth-order valence-electron chi connectivity index (χ4n) is 1.84. The average Bonchev–Trinajstić information content (AvgIpc) is 2.74. The Balaban J connectivity index is 2.05. The number of hydrogen-bond acceptors (Lipinski definition) is 7. The van der Waals surface area contributed by atoms with Crippen LogP contribution < -0.4 is 11.5 Å². The van der Waals surface area contributed by atoms with Crippen LogP contribution in [-0.4, -0.2) is 24.5 Å². The predicted molar refractivity (Wildman–Crippen MR) is 76.1 cm³/mol. The van der Waals surface area contributed by atoms with Gasteiger partial charge in [0.05, 0.1) is 12.3 Å². The van der Waals surface area contributed by atoms with Crippen molar-refractivity contribution in [3.05, 3.63) is 36.2 Å². The topological polar surface area (TPSA) is 115 Å². The fraction of sp³-hybridized carbons (Fsp3) is 0.0833. The Bertz CT molecular complexity index is 751. The van der Waals surface area contributed by atoms with Crippen molar-refractivity contribution in [2.75, 3.05) is 11.5 Å². The lowest BCUT2D eigenvalue weighted by Gasteiger charge is -2.02. The van der Waals surface area contributed by atoms with Crippen LogP contribution in [0.1, 0.15) is 5.69 Å². The van der Waals surface area contributed by atoms with Crippen LogP contribution in [0.2, 0.25) is 0 Å². The lowest BCUT2D eigenvalue weighted by Crippen LogP contribution is -1.99. The third-order valence-electron chi connectivity index (χ3n) is 2.68. The summed E-state index contributed by atoms with van der Waals surface area (Å²) >= 11 is 1.22. The van der Waals surface area contributed by atoms with Crippen molar-refractivity contribution >= 4 is 29.0 Å². The molecule has 20 heavy (non-hydrogen) atoms. The number of aliphatic hydroxyl groups is 1. The van der Waals surface area contributed by atoms with Crippen LogP contribution >= 0.6 is 11.8 Å². The number of anilines is 2. The molecule has 0 aromatic carbocycles. The second-order valence-corrected chi connectivity index (χ2v) is 5.01. The Labute approximate surface area is 118 Å². The molecule has 0 saturated heterocycles. The SMILES string of the molecule is Nc1cc(N)nc(Sc2nc3ccccn3c2CO)n1. The molecule has 3 heterocycles. The molecule has 3 rings (SSSR count). The number of nitrogens with zero attached hydrogens (tertiary/aromatic N) is 4. The monoisotopic (exact) mass is 288 g/mol. The first-order chi connectivity index (χ1) is 9.67. The third kappa shape index (κ3) is 2.26. The third-order valence-corrected chi connectivity index (χ3v) is 3.56. The van der Waals surface area contributed by atoms with Gasteiger partial charge in [-0.25, -0.2) is 15.0 Å². The van der Waals surface area contributed by atoms with Crippen LogP contribution in [0.15, 0.2) is 40.6 Å². The highest BCUT2D eigenvalue weighted by molar-refractivity contribution is 7.99. The van der Waals surface area contributed by atoms with Gasteiger partial charge in [0.15, 0.2) is 5.16 Å². The Hall–Kier alpha value is -2.32. The molecule has 3 aromatic rings. The normalized spacial score (nSPS) is 11.1. The molecule has 0 unspecified atom stereocenters. The fourth-order valence-corrected chi connectivity index (χ4v) is 2.74. The number of rotatable bonds is 3. The quantitative estimate of drug-likeness (QED) is 0.614. The van der Waals surface area contributed by atoms with E-state index in [1.807, 2.05) is 28.8 Å². The van der Waals surface area contributed by atoms with Crippen LogP contribution in [0, 0.1) is 0 Å². The molecule has 0 fully saturated rings. The van der Waals surface area contributed by atoms with E-state index in [1.165, 1.54) is 17.8 Å². The minimum Gasteiger partial charge on any atom is -0.390 e. The number of nitrogen functional groups attached to an aromatic ring is 2. The number of imidazole rings is 1. The molecule has 0 spiro atoms. The molecule has 3 aromatic heterocycles. The average molecular weight is 288 g/mol. The van der Waals surface area contributed by atoms with Crippen LogP contribution in [0.25, 0.3) is 5.65 Å². The highest BCUT2D eigenvalue weighted by Gasteiger charge is 2.14. The molecular formula is C12H12N6OS. The van der Waals surface area contributed by atoms with Crippen LogP contribution in [0.4, 0.5) is 11.6 Å². The van der Waals surface area contributed by atoms with Gasteiger partial charge in [-0.15, -0.1) is 0 Å². The predicted octanol–water partition coefficient (Wildman–Crippen LogP) is 0.932. The molecule has 0 bridgehead atoms. The standard InChI is InChI=1S/C12H12N6OS/c13-8-5-9(14)16-12(15-8)20-11-7(6-19)18-4-2-1-3-10(18)17-11/h1-5,19H,6H2,(H4,13,14,15,16). The maximum Gasteiger partial charge on any atom is 0.197 e. The molecule has 0 atom stereocenters. The van der Waals surface area contributed by atoms with E-state index in [1.54, 1.807) is 0 Å². The smallest absolute Gasteiger partial charge is 0.197 e. The highest BCUT2D eigenvalue weighted by Crippen LogP contribution is 2.29. The number of hydrogen-bond donors (Lipinski definition) is 3. The van der Waals surface area contributed by atoms with Crippen molar-refractivity contribution in [2.24, 2.45) is 0 Å². The minimum atomic E-state index is -0.134. The first kappa shape index (κ1) is 12.7. The molecule has 5 N–H and O–H groups in total. The number of aliphatic hydroxyl groups excluding tert-OH is 1. The Morgan fingerprint density at radius 2 is 1.90 bits per heavy atom. The zero-order valence-electron chi connectivity index (χ0n) is 10.4. The second-order valence-electron chi connectivity index (χ2n) is 4.05. The largest absolute Gasteiger partial charge is 0.390 e. The van der Waals surface area contributed by atoms with E-state index >= 15 is 0 Å². The lowest BCUT2D eigenvalue weighted by molar-refractivity contribution is 0.272. The van der Waals surface area contributed by atoms with Crippen LogP contribution in [-0.2, 0) is 6.61 Å². The summed E-state index contributed by atoms with van der Waals surface area (Å²) in [5.74, 6) is 0.601. The summed E-state index contributed by atoms with van der Waals surface area (Å²) in [5, 5.41) is 10.6. The van der Waals surface area contributed by atoms with Gasteiger partial charge < -0.3 is 21.0 Å². The minimum absolute atomic E-state index is 0.134. The van der Waals surface area contributed by atoms with Crippen LogP contribution in [0.3, 0.4) is 0 Å². The highest BCUT2D eigenvalue weighted by atomic mass is 32.2. The van der Waals surface area contributed by atoms with E-state index in [-0.39, 0.29) is 6.61 Å². The molecule has 102 valence electrons. The molecule has 0 saturated carbocycles. The van der Waals surface area contributed by atoms with Crippen molar-refractivity contribution in [2.45, 2.75) is 16.8 Å². The molecule has 0 aliphatic heterocycles. The summed E-state index contributed by atoms with van der Waals surface area (Å²) in [4.78, 5) is 12.6. The van der Waals surface area contributed by atoms with Gasteiger partial charge in [-0.3, -0.25) is 0 Å². The van der Waals surface area contributed by atoms with E-state index in [2.05, 4.69) is 15.0 Å². The van der Waals surface area contributed by atoms with Crippen molar-refractivity contribution in [1.82, 2.24) is 19.4 Å². The molecule has 0 aliphatic carbocycles. The summed E-state index contributed by atoms with van der Waals surface area (Å²) < 4.78 is 1.82. The number of fused-ring (bicyclic) bond motifs is 1. The Morgan fingerprint density at radius 3 is 2.60 bits per heavy atom. The molecule has 0 aliphatic rings. The van der Waals surface area contributed by atoms with Crippen LogP contribution in [0.5, 0.6) is 0 Å². The Kier molecular flexibility index (Phi) is 3.17. The van der Waals surface area contributed by atoms with Gasteiger partial charge in [-0.1, -0.05) is 6.07 Å². The molecule has 8 heteroatoms. The maximum absolute atomic E-state index is 9.53. The molecule has 0 amide bonds. The lowest BCUT2D eigenvalue weighted by atomic mass is 10.4. The van der Waals surface area contributed by atoms with Gasteiger partial charge in [0.25, 0.3) is 0 Å². The zero-order valence-corrected chi connectivity index (χ0v) is 11.2. The summed E-state index contributed by atoms with van der Waals surface area (Å²) in [6.45, 7) is -0.134. The zero-order chi connectivity index (χ0) is 14.1. The van der Waals surface area contributed by atoms with E-state index < -0.39 is 0 Å². The summed E-state index contributed by atoms with van der Waals surface area (Å²) in [6, 6.07) is 7.10. The van der Waals surface area contributed by atoms with Crippen molar-refractivity contribution in [3.8, 4) is 0 Å². The van der Waals surface area contributed by atoms with E-state index in [4.69, 9.17) is 11.5 Å². The Morgan fingerprint density at radius 1 is 1.15 bits per heavy atom. The molecule has 7 nitrogen and oxygen atoms in total. The van der Waals surface area contributed by atoms with E-state index in [0.717, 1.165) is 5.65 Å². The van der Waals surface area contributed by atoms with E-state index in [0.29, 0.717) is 27.5 Å². The van der Waals surface area contributed by atoms with Gasteiger partial charge in [0.1, 0.15) is 22.3 Å². The molecule has 0 radical (unpaired) electrons. The number of aromatic nitrogens is 4. The maximum atomic E-state index is 9.53. The van der Waals surface area contributed by atoms with Crippen molar-refractivity contribution in [1.29, 1.82) is 0 Å². The summed E-state index contributed by atoms with van der Waals surface area (Å²) in [7, 11) is 0. The van der Waals surface area contributed by atoms with E-state index in [9.17, 15) is 5.11 Å². The van der Waals surface area contributed by atoms with Crippen molar-refractivity contribution in [3.63, 3.8) is 0 Å². The van der Waals surface area contributed by atoms with Gasteiger partial charge in [0, 0.05) is 12.3 Å². The number of nitrogens with two attached hydrogens (primary N) is 2. The van der Waals surface area contributed by atoms with Crippen molar-refractivity contribution < 1.29 is 5.11 Å². The van der Waals surface area contributed by atoms with Gasteiger partial charge in [-0.2, -0.15) is 0 Å². The second kappa shape index (κ2) is 4.99.